The molecule has 260 valence electrons. The molecule has 0 N–H and O–H groups in total. The Hall–Kier alpha value is -7.18. The first kappa shape index (κ1) is 31.4. The summed E-state index contributed by atoms with van der Waals surface area (Å²) in [6.45, 7) is 4.57. The number of para-hydroxylation sites is 2. The standard InChI is InChI=1S/C49H33N5O/c1-49(2)39-29-34(25-26-35(39)38-27-28-40-44(43(38)49)55-47(50-40)33-15-7-4-8-16-33)30-21-23-32(24-22-30)46-51-45(31-13-5-3-6-14-31)52-48(53-46)54-41-19-11-9-17-36(41)37-18-10-12-20-42(37)54/h3-29H,1-2H3. The molecule has 3 aromatic heterocycles. The van der Waals surface area contributed by atoms with E-state index < -0.39 is 0 Å². The van der Waals surface area contributed by atoms with Gasteiger partial charge < -0.3 is 4.42 Å². The molecule has 0 radical (unpaired) electrons. The maximum atomic E-state index is 6.52. The summed E-state index contributed by atoms with van der Waals surface area (Å²) in [5, 5.41) is 2.32. The summed E-state index contributed by atoms with van der Waals surface area (Å²) in [4.78, 5) is 20.1. The highest BCUT2D eigenvalue weighted by Gasteiger charge is 2.39. The van der Waals surface area contributed by atoms with Crippen LogP contribution in [0.4, 0.5) is 0 Å². The van der Waals surface area contributed by atoms with Gasteiger partial charge in [0.1, 0.15) is 5.52 Å². The number of nitrogens with zero attached hydrogens (tertiary/aromatic N) is 5. The summed E-state index contributed by atoms with van der Waals surface area (Å²) in [6.07, 6.45) is 0. The molecule has 6 nitrogen and oxygen atoms in total. The molecule has 7 aromatic carbocycles. The minimum atomic E-state index is -0.282. The van der Waals surface area contributed by atoms with Gasteiger partial charge in [-0.1, -0.05) is 141 Å². The van der Waals surface area contributed by atoms with Crippen LogP contribution in [0.25, 0.3) is 95.3 Å². The van der Waals surface area contributed by atoms with Gasteiger partial charge in [-0.25, -0.2) is 9.97 Å². The second-order valence-corrected chi connectivity index (χ2v) is 14.7. The lowest BCUT2D eigenvalue weighted by atomic mass is 9.81. The van der Waals surface area contributed by atoms with Gasteiger partial charge in [0.05, 0.1) is 11.0 Å². The topological polar surface area (TPSA) is 69.6 Å². The Morgan fingerprint density at radius 2 is 1.02 bits per heavy atom. The van der Waals surface area contributed by atoms with E-state index in [1.165, 1.54) is 22.3 Å². The Labute approximate surface area is 317 Å². The summed E-state index contributed by atoms with van der Waals surface area (Å²) in [5.74, 6) is 2.48. The predicted octanol–water partition coefficient (Wildman–Crippen LogP) is 12.1. The van der Waals surface area contributed by atoms with Crippen molar-refractivity contribution in [3.8, 4) is 62.4 Å². The van der Waals surface area contributed by atoms with E-state index >= 15 is 0 Å². The zero-order valence-corrected chi connectivity index (χ0v) is 30.2. The highest BCUT2D eigenvalue weighted by Crippen LogP contribution is 2.52. The normalized spacial score (nSPS) is 13.1. The highest BCUT2D eigenvalue weighted by molar-refractivity contribution is 6.09. The van der Waals surface area contributed by atoms with E-state index in [0.29, 0.717) is 23.5 Å². The van der Waals surface area contributed by atoms with Crippen molar-refractivity contribution < 1.29 is 4.42 Å². The number of rotatable bonds is 5. The number of hydrogen-bond acceptors (Lipinski definition) is 5. The lowest BCUT2D eigenvalue weighted by Crippen LogP contribution is -2.15. The maximum absolute atomic E-state index is 6.52. The molecule has 0 spiro atoms. The van der Waals surface area contributed by atoms with Gasteiger partial charge in [-0.05, 0) is 64.2 Å². The van der Waals surface area contributed by atoms with E-state index in [0.717, 1.165) is 60.7 Å². The molecular weight excluding hydrogens is 675 g/mol. The predicted molar refractivity (Wildman–Crippen MR) is 221 cm³/mol. The third-order valence-electron chi connectivity index (χ3n) is 11.1. The third kappa shape index (κ3) is 4.88. The van der Waals surface area contributed by atoms with Gasteiger partial charge in [-0.2, -0.15) is 9.97 Å². The van der Waals surface area contributed by atoms with Crippen LogP contribution in [0, 0.1) is 0 Å². The first-order valence-electron chi connectivity index (χ1n) is 18.6. The van der Waals surface area contributed by atoms with E-state index in [1.54, 1.807) is 0 Å². The van der Waals surface area contributed by atoms with Crippen molar-refractivity contribution in [1.82, 2.24) is 24.5 Å². The molecule has 1 aliphatic carbocycles. The molecule has 0 saturated carbocycles. The van der Waals surface area contributed by atoms with E-state index in [-0.39, 0.29) is 5.41 Å². The quantitative estimate of drug-likeness (QED) is 0.178. The van der Waals surface area contributed by atoms with Crippen LogP contribution in [-0.2, 0) is 5.41 Å². The molecule has 0 bridgehead atoms. The minimum Gasteiger partial charge on any atom is -0.436 e. The van der Waals surface area contributed by atoms with E-state index in [2.05, 4.69) is 122 Å². The van der Waals surface area contributed by atoms with Gasteiger partial charge in [0.15, 0.2) is 17.2 Å². The van der Waals surface area contributed by atoms with Crippen LogP contribution in [0.2, 0.25) is 0 Å². The molecule has 3 heterocycles. The molecule has 0 unspecified atom stereocenters. The molecule has 0 fully saturated rings. The van der Waals surface area contributed by atoms with Gasteiger partial charge in [0, 0.05) is 38.4 Å². The van der Waals surface area contributed by atoms with Crippen molar-refractivity contribution in [2.75, 3.05) is 0 Å². The second kappa shape index (κ2) is 11.9. The van der Waals surface area contributed by atoms with Gasteiger partial charge in [-0.15, -0.1) is 0 Å². The minimum absolute atomic E-state index is 0.282. The zero-order chi connectivity index (χ0) is 36.7. The number of oxazole rings is 1. The Morgan fingerprint density at radius 3 is 1.69 bits per heavy atom. The van der Waals surface area contributed by atoms with Crippen LogP contribution < -0.4 is 0 Å². The van der Waals surface area contributed by atoms with Crippen LogP contribution >= 0.6 is 0 Å². The largest absolute Gasteiger partial charge is 0.436 e. The zero-order valence-electron chi connectivity index (χ0n) is 30.2. The molecule has 11 rings (SSSR count). The van der Waals surface area contributed by atoms with Crippen LogP contribution in [0.5, 0.6) is 0 Å². The summed E-state index contributed by atoms with van der Waals surface area (Å²) >= 11 is 0. The smallest absolute Gasteiger partial charge is 0.238 e. The Kier molecular flexibility index (Phi) is 6.79. The Morgan fingerprint density at radius 1 is 0.473 bits per heavy atom. The molecule has 55 heavy (non-hydrogen) atoms. The SMILES string of the molecule is CC1(C)c2cc(-c3ccc(-c4nc(-c5ccccc5)nc(-n5c6ccccc6c6ccccc65)n4)cc3)ccc2-c2ccc3nc(-c4ccccc4)oc3c21. The molecule has 0 aliphatic heterocycles. The molecule has 0 amide bonds. The number of fused-ring (bicyclic) bond motifs is 8. The molecular formula is C49H33N5O. The van der Waals surface area contributed by atoms with Crippen molar-refractivity contribution in [2.24, 2.45) is 0 Å². The van der Waals surface area contributed by atoms with E-state index in [1.807, 2.05) is 60.7 Å². The first-order chi connectivity index (χ1) is 27.0. The molecule has 10 aromatic rings. The number of hydrogen-bond donors (Lipinski definition) is 0. The van der Waals surface area contributed by atoms with Crippen molar-refractivity contribution in [1.29, 1.82) is 0 Å². The van der Waals surface area contributed by atoms with Crippen molar-refractivity contribution >= 4 is 32.9 Å². The first-order valence-corrected chi connectivity index (χ1v) is 18.6. The fraction of sp³-hybridized carbons (Fsp3) is 0.0612. The number of aromatic nitrogens is 5. The number of benzene rings is 7. The molecule has 0 atom stereocenters. The van der Waals surface area contributed by atoms with Gasteiger partial charge >= 0.3 is 0 Å². The fourth-order valence-corrected chi connectivity index (χ4v) is 8.41. The van der Waals surface area contributed by atoms with Crippen molar-refractivity contribution in [3.63, 3.8) is 0 Å². The fourth-order valence-electron chi connectivity index (χ4n) is 8.41. The summed E-state index contributed by atoms with van der Waals surface area (Å²) in [6, 6.07) is 56.7. The summed E-state index contributed by atoms with van der Waals surface area (Å²) < 4.78 is 8.66. The van der Waals surface area contributed by atoms with Crippen molar-refractivity contribution in [2.45, 2.75) is 19.3 Å². The summed E-state index contributed by atoms with van der Waals surface area (Å²) in [5.41, 5.74) is 13.6. The molecule has 1 aliphatic rings. The van der Waals surface area contributed by atoms with Crippen LogP contribution in [0.15, 0.2) is 168 Å². The lowest BCUT2D eigenvalue weighted by Gasteiger charge is -2.22. The monoisotopic (exact) mass is 707 g/mol. The molecule has 6 heteroatoms. The highest BCUT2D eigenvalue weighted by atomic mass is 16.3. The van der Waals surface area contributed by atoms with Crippen molar-refractivity contribution in [3.05, 3.63) is 175 Å². The summed E-state index contributed by atoms with van der Waals surface area (Å²) in [7, 11) is 0. The Bertz CT molecular complexity index is 3050. The molecule has 0 saturated heterocycles. The average Bonchev–Trinajstić information content (AvgIpc) is 3.90. The van der Waals surface area contributed by atoms with Gasteiger partial charge in [-0.3, -0.25) is 4.57 Å². The second-order valence-electron chi connectivity index (χ2n) is 14.7. The van der Waals surface area contributed by atoms with Gasteiger partial charge in [0.25, 0.3) is 0 Å². The Balaban J connectivity index is 0.989. The van der Waals surface area contributed by atoms with Crippen LogP contribution in [0.3, 0.4) is 0 Å². The van der Waals surface area contributed by atoms with Crippen LogP contribution in [-0.4, -0.2) is 24.5 Å². The van der Waals surface area contributed by atoms with E-state index in [9.17, 15) is 0 Å². The lowest BCUT2D eigenvalue weighted by molar-refractivity contribution is 0.593. The van der Waals surface area contributed by atoms with Crippen LogP contribution in [0.1, 0.15) is 25.0 Å². The van der Waals surface area contributed by atoms with E-state index in [4.69, 9.17) is 24.4 Å². The third-order valence-corrected chi connectivity index (χ3v) is 11.1. The average molecular weight is 708 g/mol. The van der Waals surface area contributed by atoms with Gasteiger partial charge in [0.2, 0.25) is 11.8 Å². The maximum Gasteiger partial charge on any atom is 0.238 e.